The number of benzene rings is 1. The zero-order valence-electron chi connectivity index (χ0n) is 12.6. The molecule has 2 rings (SSSR count). The third-order valence-corrected chi connectivity index (χ3v) is 3.90. The van der Waals surface area contributed by atoms with E-state index in [1.807, 2.05) is 19.1 Å². The molecule has 1 aromatic rings. The minimum Gasteiger partial charge on any atom is -0.399 e. The quantitative estimate of drug-likeness (QED) is 0.835. The molecule has 0 atom stereocenters. The lowest BCUT2D eigenvalue weighted by Crippen LogP contribution is -2.37. The number of hydrogen-bond donors (Lipinski definition) is 2. The van der Waals surface area contributed by atoms with Crippen LogP contribution in [0.15, 0.2) is 18.2 Å². The van der Waals surface area contributed by atoms with Crippen molar-refractivity contribution in [2.75, 3.05) is 32.4 Å². The van der Waals surface area contributed by atoms with Gasteiger partial charge in [0.1, 0.15) is 0 Å². The van der Waals surface area contributed by atoms with Crippen LogP contribution in [-0.4, -0.2) is 37.5 Å². The maximum absolute atomic E-state index is 12.1. The number of anilines is 1. The van der Waals surface area contributed by atoms with E-state index in [9.17, 15) is 4.79 Å². The standard InChI is InChI=1S/C15H23N3O.2ClH/c1-11-3-4-13(16)9-14(11)15(19)17-10-12-5-7-18(2)8-6-12;;/h3-4,9,12H,5-8,10,16H2,1-2H3,(H,17,19);2*1H. The second kappa shape index (κ2) is 9.13. The van der Waals surface area contributed by atoms with Gasteiger partial charge in [-0.15, -0.1) is 24.8 Å². The SMILES string of the molecule is Cc1ccc(N)cc1C(=O)NCC1CCN(C)CC1.Cl.Cl. The number of amides is 1. The average Bonchev–Trinajstić information content (AvgIpc) is 2.40. The van der Waals surface area contributed by atoms with Gasteiger partial charge in [0.2, 0.25) is 0 Å². The van der Waals surface area contributed by atoms with Crippen LogP contribution in [0.2, 0.25) is 0 Å². The molecule has 21 heavy (non-hydrogen) atoms. The lowest BCUT2D eigenvalue weighted by molar-refractivity contribution is 0.0938. The highest BCUT2D eigenvalue weighted by Gasteiger charge is 2.18. The summed E-state index contributed by atoms with van der Waals surface area (Å²) in [6, 6.07) is 5.46. The molecule has 1 saturated heterocycles. The van der Waals surface area contributed by atoms with Gasteiger partial charge in [-0.25, -0.2) is 0 Å². The number of rotatable bonds is 3. The number of carbonyl (C=O) groups is 1. The summed E-state index contributed by atoms with van der Waals surface area (Å²) < 4.78 is 0. The predicted molar refractivity (Wildman–Crippen MR) is 92.6 cm³/mol. The molecule has 1 aromatic carbocycles. The predicted octanol–water partition coefficient (Wildman–Crippen LogP) is 2.49. The van der Waals surface area contributed by atoms with Crippen LogP contribution in [0.4, 0.5) is 5.69 Å². The molecule has 120 valence electrons. The van der Waals surface area contributed by atoms with Crippen molar-refractivity contribution in [3.05, 3.63) is 29.3 Å². The van der Waals surface area contributed by atoms with E-state index >= 15 is 0 Å². The minimum absolute atomic E-state index is 0. The van der Waals surface area contributed by atoms with E-state index in [2.05, 4.69) is 17.3 Å². The number of nitrogens with one attached hydrogen (secondary N) is 1. The fourth-order valence-corrected chi connectivity index (χ4v) is 2.48. The monoisotopic (exact) mass is 333 g/mol. The van der Waals surface area contributed by atoms with Gasteiger partial charge in [0.25, 0.3) is 5.91 Å². The van der Waals surface area contributed by atoms with Crippen molar-refractivity contribution in [1.29, 1.82) is 0 Å². The Labute approximate surface area is 139 Å². The number of carbonyl (C=O) groups excluding carboxylic acids is 1. The van der Waals surface area contributed by atoms with Crippen LogP contribution in [0.1, 0.15) is 28.8 Å². The molecule has 0 aliphatic carbocycles. The maximum atomic E-state index is 12.1. The van der Waals surface area contributed by atoms with Crippen molar-refractivity contribution in [3.8, 4) is 0 Å². The highest BCUT2D eigenvalue weighted by Crippen LogP contribution is 2.16. The summed E-state index contributed by atoms with van der Waals surface area (Å²) in [5.74, 6) is 0.588. The number of halogens is 2. The van der Waals surface area contributed by atoms with Crippen LogP contribution in [0.5, 0.6) is 0 Å². The van der Waals surface area contributed by atoms with Crippen LogP contribution in [0, 0.1) is 12.8 Å². The molecule has 0 aromatic heterocycles. The molecule has 0 saturated carbocycles. The molecule has 1 amide bonds. The van der Waals surface area contributed by atoms with Crippen molar-refractivity contribution < 1.29 is 4.79 Å². The van der Waals surface area contributed by atoms with Crippen molar-refractivity contribution in [2.45, 2.75) is 19.8 Å². The summed E-state index contributed by atoms with van der Waals surface area (Å²) >= 11 is 0. The van der Waals surface area contributed by atoms with Gasteiger partial charge in [-0.3, -0.25) is 4.79 Å². The summed E-state index contributed by atoms with van der Waals surface area (Å²) in [6.45, 7) is 4.94. The number of aryl methyl sites for hydroxylation is 1. The number of piperidine rings is 1. The fourth-order valence-electron chi connectivity index (χ4n) is 2.48. The molecule has 4 nitrogen and oxygen atoms in total. The highest BCUT2D eigenvalue weighted by molar-refractivity contribution is 5.96. The number of nitrogens with two attached hydrogens (primary N) is 1. The Morgan fingerprint density at radius 1 is 1.33 bits per heavy atom. The lowest BCUT2D eigenvalue weighted by atomic mass is 9.97. The molecule has 0 unspecified atom stereocenters. The first kappa shape index (κ1) is 20.0. The first-order valence-corrected chi connectivity index (χ1v) is 6.89. The topological polar surface area (TPSA) is 58.4 Å². The van der Waals surface area contributed by atoms with Crippen molar-refractivity contribution in [3.63, 3.8) is 0 Å². The van der Waals surface area contributed by atoms with Gasteiger partial charge in [0.15, 0.2) is 0 Å². The molecule has 0 spiro atoms. The number of hydrogen-bond acceptors (Lipinski definition) is 3. The van der Waals surface area contributed by atoms with Gasteiger partial charge in [0, 0.05) is 17.8 Å². The van der Waals surface area contributed by atoms with Gasteiger partial charge in [-0.1, -0.05) is 6.07 Å². The summed E-state index contributed by atoms with van der Waals surface area (Å²) in [4.78, 5) is 14.5. The maximum Gasteiger partial charge on any atom is 0.251 e. The van der Waals surface area contributed by atoms with Crippen LogP contribution >= 0.6 is 24.8 Å². The molecule has 6 heteroatoms. The third-order valence-electron chi connectivity index (χ3n) is 3.90. The number of likely N-dealkylation sites (tertiary alicyclic amines) is 1. The van der Waals surface area contributed by atoms with Gasteiger partial charge in [-0.2, -0.15) is 0 Å². The van der Waals surface area contributed by atoms with E-state index in [1.54, 1.807) is 6.07 Å². The largest absolute Gasteiger partial charge is 0.399 e. The van der Waals surface area contributed by atoms with E-state index in [1.165, 1.54) is 0 Å². The Kier molecular flexibility index (Phi) is 8.71. The van der Waals surface area contributed by atoms with E-state index in [4.69, 9.17) is 5.73 Å². The molecule has 3 N–H and O–H groups in total. The van der Waals surface area contributed by atoms with Gasteiger partial charge >= 0.3 is 0 Å². The van der Waals surface area contributed by atoms with Crippen molar-refractivity contribution in [2.24, 2.45) is 5.92 Å². The van der Waals surface area contributed by atoms with E-state index < -0.39 is 0 Å². The smallest absolute Gasteiger partial charge is 0.251 e. The number of nitrogens with zero attached hydrogens (tertiary/aromatic N) is 1. The summed E-state index contributed by atoms with van der Waals surface area (Å²) in [6.07, 6.45) is 2.32. The van der Waals surface area contributed by atoms with Crippen LogP contribution in [0.25, 0.3) is 0 Å². The minimum atomic E-state index is -0.0104. The first-order chi connectivity index (χ1) is 9.06. The van der Waals surface area contributed by atoms with Crippen molar-refractivity contribution >= 4 is 36.4 Å². The second-order valence-corrected chi connectivity index (χ2v) is 5.53. The molecule has 1 fully saturated rings. The zero-order valence-corrected chi connectivity index (χ0v) is 14.2. The van der Waals surface area contributed by atoms with E-state index in [-0.39, 0.29) is 30.7 Å². The third kappa shape index (κ3) is 5.73. The van der Waals surface area contributed by atoms with E-state index in [0.717, 1.165) is 38.0 Å². The summed E-state index contributed by atoms with van der Waals surface area (Å²) in [7, 11) is 2.14. The van der Waals surface area contributed by atoms with Crippen molar-refractivity contribution in [1.82, 2.24) is 10.2 Å². The Morgan fingerprint density at radius 3 is 2.57 bits per heavy atom. The van der Waals surface area contributed by atoms with E-state index in [0.29, 0.717) is 17.2 Å². The van der Waals surface area contributed by atoms with Gasteiger partial charge in [-0.05, 0) is 63.5 Å². The normalized spacial score (nSPS) is 15.7. The molecular formula is C15H25Cl2N3O. The van der Waals surface area contributed by atoms with Crippen LogP contribution in [0.3, 0.4) is 0 Å². The fraction of sp³-hybridized carbons (Fsp3) is 0.533. The Balaban J connectivity index is 0.00000200. The highest BCUT2D eigenvalue weighted by atomic mass is 35.5. The Morgan fingerprint density at radius 2 is 1.95 bits per heavy atom. The molecular weight excluding hydrogens is 309 g/mol. The number of nitrogen functional groups attached to an aromatic ring is 1. The van der Waals surface area contributed by atoms with Crippen LogP contribution < -0.4 is 11.1 Å². The average molecular weight is 334 g/mol. The molecule has 1 aliphatic rings. The Hall–Kier alpha value is -0.970. The molecule has 0 radical (unpaired) electrons. The Bertz CT molecular complexity index is 460. The zero-order chi connectivity index (χ0) is 13.8. The van der Waals surface area contributed by atoms with Crippen LogP contribution in [-0.2, 0) is 0 Å². The second-order valence-electron chi connectivity index (χ2n) is 5.53. The molecule has 0 bridgehead atoms. The lowest BCUT2D eigenvalue weighted by Gasteiger charge is -2.29. The molecule has 1 heterocycles. The van der Waals surface area contributed by atoms with Gasteiger partial charge < -0.3 is 16.0 Å². The molecule has 1 aliphatic heterocycles. The summed E-state index contributed by atoms with van der Waals surface area (Å²) in [5.41, 5.74) is 8.02. The summed E-state index contributed by atoms with van der Waals surface area (Å²) in [5, 5.41) is 3.04. The van der Waals surface area contributed by atoms with Gasteiger partial charge in [0.05, 0.1) is 0 Å². The first-order valence-electron chi connectivity index (χ1n) is 6.89.